The number of nitrogens with zero attached hydrogens (tertiary/aromatic N) is 1. The first-order valence-corrected chi connectivity index (χ1v) is 9.87. The molecule has 0 fully saturated rings. The molecule has 1 heterocycles. The van der Waals surface area contributed by atoms with Gasteiger partial charge in [0.2, 0.25) is 10.0 Å². The molecule has 0 saturated carbocycles. The lowest BCUT2D eigenvalue weighted by molar-refractivity contribution is 0.591. The fourth-order valence-corrected chi connectivity index (χ4v) is 4.05. The van der Waals surface area contributed by atoms with Crippen LogP contribution in [0.1, 0.15) is 16.7 Å². The van der Waals surface area contributed by atoms with Crippen LogP contribution in [0.15, 0.2) is 67.0 Å². The Labute approximate surface area is 156 Å². The summed E-state index contributed by atoms with van der Waals surface area (Å²) in [6.07, 6.45) is 4.18. The van der Waals surface area contributed by atoms with Crippen LogP contribution in [0.3, 0.4) is 0 Å². The molecule has 0 atom stereocenters. The van der Waals surface area contributed by atoms with E-state index in [0.717, 1.165) is 17.5 Å². The Hall–Kier alpha value is -2.44. The first-order valence-electron chi connectivity index (χ1n) is 7.84. The third-order valence-electron chi connectivity index (χ3n) is 3.78. The Kier molecular flexibility index (Phi) is 5.54. The summed E-state index contributed by atoms with van der Waals surface area (Å²) in [5.74, 6) is -1.17. The molecule has 134 valence electrons. The van der Waals surface area contributed by atoms with Crippen LogP contribution in [-0.4, -0.2) is 13.4 Å². The van der Waals surface area contributed by atoms with Crippen molar-refractivity contribution in [2.24, 2.45) is 0 Å². The lowest BCUT2D eigenvalue weighted by Crippen LogP contribution is -2.16. The van der Waals surface area contributed by atoms with Gasteiger partial charge in [0.15, 0.2) is 0 Å². The minimum atomic E-state index is -3.79. The molecule has 0 aliphatic rings. The van der Waals surface area contributed by atoms with E-state index in [2.05, 4.69) is 9.71 Å². The van der Waals surface area contributed by atoms with Crippen LogP contribution in [-0.2, 0) is 22.2 Å². The summed E-state index contributed by atoms with van der Waals surface area (Å²) in [6, 6.07) is 15.0. The van der Waals surface area contributed by atoms with E-state index in [1.54, 1.807) is 24.5 Å². The van der Waals surface area contributed by atoms with Crippen LogP contribution in [0.4, 0.5) is 10.1 Å². The summed E-state index contributed by atoms with van der Waals surface area (Å²) < 4.78 is 40.9. The van der Waals surface area contributed by atoms with Gasteiger partial charge < -0.3 is 0 Å². The Morgan fingerprint density at radius 2 is 1.62 bits per heavy atom. The SMILES string of the molecule is O=S(=O)(Cc1c(F)cccc1Cl)Nc1ccc(Cc2ccncc2)cc1. The van der Waals surface area contributed by atoms with E-state index in [1.165, 1.54) is 18.2 Å². The maximum Gasteiger partial charge on any atom is 0.237 e. The normalized spacial score (nSPS) is 11.3. The van der Waals surface area contributed by atoms with Gasteiger partial charge in [-0.3, -0.25) is 9.71 Å². The van der Waals surface area contributed by atoms with Crippen molar-refractivity contribution < 1.29 is 12.8 Å². The number of anilines is 1. The Balaban J connectivity index is 1.70. The lowest BCUT2D eigenvalue weighted by Gasteiger charge is -2.10. The number of aromatic nitrogens is 1. The monoisotopic (exact) mass is 390 g/mol. The van der Waals surface area contributed by atoms with Gasteiger partial charge in [0, 0.05) is 28.7 Å². The summed E-state index contributed by atoms with van der Waals surface area (Å²) in [6.45, 7) is 0. The second kappa shape index (κ2) is 7.85. The summed E-state index contributed by atoms with van der Waals surface area (Å²) >= 11 is 5.90. The van der Waals surface area contributed by atoms with E-state index in [9.17, 15) is 12.8 Å². The third kappa shape index (κ3) is 4.80. The minimum absolute atomic E-state index is 0.0454. The maximum absolute atomic E-state index is 13.8. The van der Waals surface area contributed by atoms with Crippen molar-refractivity contribution in [2.45, 2.75) is 12.2 Å². The molecule has 1 N–H and O–H groups in total. The molecule has 3 aromatic rings. The number of rotatable bonds is 6. The molecule has 0 aliphatic carbocycles. The Morgan fingerprint density at radius 3 is 2.27 bits per heavy atom. The molecule has 0 bridgehead atoms. The van der Waals surface area contributed by atoms with Crippen LogP contribution < -0.4 is 4.72 Å². The van der Waals surface area contributed by atoms with E-state index in [1.807, 2.05) is 24.3 Å². The number of halogens is 2. The van der Waals surface area contributed by atoms with Gasteiger partial charge in [0.1, 0.15) is 5.82 Å². The second-order valence-electron chi connectivity index (χ2n) is 5.79. The highest BCUT2D eigenvalue weighted by atomic mass is 35.5. The number of hydrogen-bond donors (Lipinski definition) is 1. The number of hydrogen-bond acceptors (Lipinski definition) is 3. The van der Waals surface area contributed by atoms with Crippen molar-refractivity contribution in [1.29, 1.82) is 0 Å². The molecule has 1 aromatic heterocycles. The zero-order valence-corrected chi connectivity index (χ0v) is 15.3. The molecule has 0 radical (unpaired) electrons. The van der Waals surface area contributed by atoms with Gasteiger partial charge in [-0.25, -0.2) is 12.8 Å². The number of benzene rings is 2. The van der Waals surface area contributed by atoms with Gasteiger partial charge in [0.05, 0.1) is 5.75 Å². The number of nitrogens with one attached hydrogen (secondary N) is 1. The topological polar surface area (TPSA) is 59.1 Å². The summed E-state index contributed by atoms with van der Waals surface area (Å²) in [5.41, 5.74) is 2.52. The average Bonchev–Trinajstić information content (AvgIpc) is 2.61. The summed E-state index contributed by atoms with van der Waals surface area (Å²) in [5, 5.41) is 0.0862. The summed E-state index contributed by atoms with van der Waals surface area (Å²) in [7, 11) is -3.79. The molecule has 0 spiro atoms. The molecule has 7 heteroatoms. The van der Waals surface area contributed by atoms with Crippen molar-refractivity contribution in [1.82, 2.24) is 4.98 Å². The van der Waals surface area contributed by atoms with Crippen molar-refractivity contribution in [3.63, 3.8) is 0 Å². The number of sulfonamides is 1. The highest BCUT2D eigenvalue weighted by Crippen LogP contribution is 2.22. The third-order valence-corrected chi connectivity index (χ3v) is 5.35. The standard InChI is InChI=1S/C19H16ClFN2O2S/c20-18-2-1-3-19(21)17(18)13-26(24,25)23-16-6-4-14(5-7-16)12-15-8-10-22-11-9-15/h1-11,23H,12-13H2. The van der Waals surface area contributed by atoms with E-state index in [-0.39, 0.29) is 10.6 Å². The van der Waals surface area contributed by atoms with Gasteiger partial charge in [-0.1, -0.05) is 29.8 Å². The predicted octanol–water partition coefficient (Wildman–Crippen LogP) is 4.41. The molecule has 0 aliphatic heterocycles. The zero-order chi connectivity index (χ0) is 18.6. The Bertz CT molecular complexity index is 974. The zero-order valence-electron chi connectivity index (χ0n) is 13.7. The van der Waals surface area contributed by atoms with E-state index < -0.39 is 21.6 Å². The Morgan fingerprint density at radius 1 is 0.962 bits per heavy atom. The van der Waals surface area contributed by atoms with Crippen LogP contribution in [0.5, 0.6) is 0 Å². The fraction of sp³-hybridized carbons (Fsp3) is 0.105. The fourth-order valence-electron chi connectivity index (χ4n) is 2.50. The summed E-state index contributed by atoms with van der Waals surface area (Å²) in [4.78, 5) is 3.98. The first kappa shape index (κ1) is 18.4. The van der Waals surface area contributed by atoms with Crippen molar-refractivity contribution >= 4 is 27.3 Å². The van der Waals surface area contributed by atoms with Crippen molar-refractivity contribution in [3.05, 3.63) is 94.5 Å². The molecule has 4 nitrogen and oxygen atoms in total. The molecular formula is C19H16ClFN2O2S. The largest absolute Gasteiger partial charge is 0.283 e. The van der Waals surface area contributed by atoms with E-state index in [0.29, 0.717) is 5.69 Å². The smallest absolute Gasteiger partial charge is 0.237 e. The molecule has 0 saturated heterocycles. The van der Waals surface area contributed by atoms with Crippen LogP contribution >= 0.6 is 11.6 Å². The van der Waals surface area contributed by atoms with Gasteiger partial charge in [-0.15, -0.1) is 0 Å². The van der Waals surface area contributed by atoms with E-state index >= 15 is 0 Å². The second-order valence-corrected chi connectivity index (χ2v) is 7.92. The van der Waals surface area contributed by atoms with Gasteiger partial charge in [-0.05, 0) is 53.9 Å². The number of pyridine rings is 1. The van der Waals surface area contributed by atoms with Gasteiger partial charge in [0.25, 0.3) is 0 Å². The van der Waals surface area contributed by atoms with Crippen molar-refractivity contribution in [3.8, 4) is 0 Å². The molecule has 0 amide bonds. The highest BCUT2D eigenvalue weighted by molar-refractivity contribution is 7.91. The quantitative estimate of drug-likeness (QED) is 0.678. The maximum atomic E-state index is 13.8. The first-order chi connectivity index (χ1) is 12.4. The molecule has 3 rings (SSSR count). The van der Waals surface area contributed by atoms with Crippen LogP contribution in [0, 0.1) is 5.82 Å². The molecular weight excluding hydrogens is 375 g/mol. The molecule has 26 heavy (non-hydrogen) atoms. The average molecular weight is 391 g/mol. The minimum Gasteiger partial charge on any atom is -0.283 e. The molecule has 0 unspecified atom stereocenters. The highest BCUT2D eigenvalue weighted by Gasteiger charge is 2.17. The van der Waals surface area contributed by atoms with Crippen molar-refractivity contribution in [2.75, 3.05) is 4.72 Å². The van der Waals surface area contributed by atoms with Gasteiger partial charge >= 0.3 is 0 Å². The van der Waals surface area contributed by atoms with Crippen LogP contribution in [0.2, 0.25) is 5.02 Å². The van der Waals surface area contributed by atoms with Crippen LogP contribution in [0.25, 0.3) is 0 Å². The van der Waals surface area contributed by atoms with E-state index in [4.69, 9.17) is 11.6 Å². The predicted molar refractivity (Wildman–Crippen MR) is 101 cm³/mol. The lowest BCUT2D eigenvalue weighted by atomic mass is 10.1. The molecule has 2 aromatic carbocycles. The van der Waals surface area contributed by atoms with Gasteiger partial charge in [-0.2, -0.15) is 0 Å².